The van der Waals surface area contributed by atoms with Gasteiger partial charge in [0.2, 0.25) is 5.91 Å². The Hall–Kier alpha value is -2.44. The zero-order valence-electron chi connectivity index (χ0n) is 18.2. The largest absolute Gasteiger partial charge is 0.495 e. The molecule has 30 heavy (non-hydrogen) atoms. The summed E-state index contributed by atoms with van der Waals surface area (Å²) in [6.45, 7) is 11.5. The average molecular weight is 431 g/mol. The molecule has 1 aliphatic rings. The number of aryl methyl sites for hydroxylation is 1. The molecule has 1 amide bonds. The van der Waals surface area contributed by atoms with Gasteiger partial charge in [0.15, 0.2) is 0 Å². The van der Waals surface area contributed by atoms with Crippen molar-refractivity contribution in [3.05, 3.63) is 47.0 Å². The summed E-state index contributed by atoms with van der Waals surface area (Å²) in [6.07, 6.45) is 0. The van der Waals surface area contributed by atoms with Crippen molar-refractivity contribution in [3.8, 4) is 5.75 Å². The van der Waals surface area contributed by atoms with Crippen LogP contribution in [0.3, 0.4) is 0 Å². The summed E-state index contributed by atoms with van der Waals surface area (Å²) in [7, 11) is 1.56. The van der Waals surface area contributed by atoms with Gasteiger partial charge in [0, 0.05) is 42.6 Å². The van der Waals surface area contributed by atoms with Crippen LogP contribution in [0.5, 0.6) is 5.75 Å². The second-order valence-electron chi connectivity index (χ2n) is 7.62. The molecule has 0 aromatic heterocycles. The van der Waals surface area contributed by atoms with Crippen molar-refractivity contribution in [2.24, 2.45) is 0 Å². The van der Waals surface area contributed by atoms with Gasteiger partial charge in [-0.3, -0.25) is 4.79 Å². The van der Waals surface area contributed by atoms with Crippen molar-refractivity contribution in [1.82, 2.24) is 4.90 Å². The molecule has 0 spiro atoms. The summed E-state index contributed by atoms with van der Waals surface area (Å²) in [6, 6.07) is 11.1. The van der Waals surface area contributed by atoms with E-state index in [1.807, 2.05) is 6.92 Å². The van der Waals surface area contributed by atoms with E-state index in [9.17, 15) is 4.79 Å². The Balaban J connectivity index is 1.63. The summed E-state index contributed by atoms with van der Waals surface area (Å²) in [4.78, 5) is 17.6. The lowest BCUT2D eigenvalue weighted by atomic mass is 10.1. The van der Waals surface area contributed by atoms with Gasteiger partial charge in [-0.2, -0.15) is 0 Å². The van der Waals surface area contributed by atoms with E-state index < -0.39 is 6.04 Å². The van der Waals surface area contributed by atoms with Crippen LogP contribution in [0.25, 0.3) is 0 Å². The third-order valence-corrected chi connectivity index (χ3v) is 5.81. The standard InChI is InChI=1S/C23H31ClN4O2/c1-5-27-10-12-28(13-11-27)19-7-8-20(16(2)14-19)25-17(3)23(29)26-21-15-18(24)6-9-22(21)30-4/h6-9,14-15,17,25H,5,10-13H2,1-4H3,(H,26,29). The number of methoxy groups -OCH3 is 1. The molecule has 0 saturated carbocycles. The number of rotatable bonds is 7. The predicted molar refractivity (Wildman–Crippen MR) is 125 cm³/mol. The molecule has 6 nitrogen and oxygen atoms in total. The summed E-state index contributed by atoms with van der Waals surface area (Å²) < 4.78 is 5.30. The van der Waals surface area contributed by atoms with Gasteiger partial charge in [-0.05, 0) is 62.4 Å². The topological polar surface area (TPSA) is 56.8 Å². The average Bonchev–Trinajstić information content (AvgIpc) is 2.75. The summed E-state index contributed by atoms with van der Waals surface area (Å²) in [5.41, 5.74) is 3.86. The normalized spacial score (nSPS) is 15.6. The quantitative estimate of drug-likeness (QED) is 0.688. The zero-order chi connectivity index (χ0) is 21.7. The maximum Gasteiger partial charge on any atom is 0.246 e. The van der Waals surface area contributed by atoms with Crippen molar-refractivity contribution in [2.75, 3.05) is 55.4 Å². The molecule has 2 aromatic carbocycles. The van der Waals surface area contributed by atoms with E-state index in [2.05, 4.69) is 52.5 Å². The Morgan fingerprint density at radius 1 is 1.13 bits per heavy atom. The van der Waals surface area contributed by atoms with Crippen LogP contribution >= 0.6 is 11.6 Å². The van der Waals surface area contributed by atoms with Crippen molar-refractivity contribution in [2.45, 2.75) is 26.8 Å². The van der Waals surface area contributed by atoms with Crippen LogP contribution < -0.4 is 20.3 Å². The number of halogens is 1. The molecule has 162 valence electrons. The van der Waals surface area contributed by atoms with Crippen molar-refractivity contribution >= 4 is 34.6 Å². The van der Waals surface area contributed by atoms with E-state index in [1.54, 1.807) is 25.3 Å². The molecule has 0 aliphatic carbocycles. The smallest absolute Gasteiger partial charge is 0.246 e. The number of amides is 1. The minimum absolute atomic E-state index is 0.158. The first-order valence-electron chi connectivity index (χ1n) is 10.4. The highest BCUT2D eigenvalue weighted by Gasteiger charge is 2.18. The second-order valence-corrected chi connectivity index (χ2v) is 8.06. The lowest BCUT2D eigenvalue weighted by molar-refractivity contribution is -0.116. The second kappa shape index (κ2) is 10.0. The van der Waals surface area contributed by atoms with Crippen LogP contribution in [0.4, 0.5) is 17.1 Å². The highest BCUT2D eigenvalue weighted by atomic mass is 35.5. The maximum absolute atomic E-state index is 12.7. The number of ether oxygens (including phenoxy) is 1. The van der Waals surface area contributed by atoms with E-state index in [0.717, 1.165) is 44.0 Å². The highest BCUT2D eigenvalue weighted by Crippen LogP contribution is 2.28. The van der Waals surface area contributed by atoms with E-state index in [4.69, 9.17) is 16.3 Å². The fourth-order valence-corrected chi connectivity index (χ4v) is 3.82. The maximum atomic E-state index is 12.7. The number of carbonyl (C=O) groups excluding carboxylic acids is 1. The van der Waals surface area contributed by atoms with Crippen LogP contribution in [0.15, 0.2) is 36.4 Å². The molecule has 1 heterocycles. The van der Waals surface area contributed by atoms with Crippen molar-refractivity contribution in [3.63, 3.8) is 0 Å². The van der Waals surface area contributed by atoms with Gasteiger partial charge in [-0.15, -0.1) is 0 Å². The van der Waals surface area contributed by atoms with Crippen LogP contribution in [0, 0.1) is 6.92 Å². The van der Waals surface area contributed by atoms with Gasteiger partial charge in [0.05, 0.1) is 12.8 Å². The van der Waals surface area contributed by atoms with Crippen LogP contribution in [0.1, 0.15) is 19.4 Å². The van der Waals surface area contributed by atoms with Crippen molar-refractivity contribution in [1.29, 1.82) is 0 Å². The van der Waals surface area contributed by atoms with E-state index in [-0.39, 0.29) is 5.91 Å². The first-order chi connectivity index (χ1) is 14.4. The van der Waals surface area contributed by atoms with Gasteiger partial charge < -0.3 is 25.2 Å². The fraction of sp³-hybridized carbons (Fsp3) is 0.435. The van der Waals surface area contributed by atoms with E-state index >= 15 is 0 Å². The van der Waals surface area contributed by atoms with Gasteiger partial charge in [0.1, 0.15) is 11.8 Å². The minimum atomic E-state index is -0.425. The molecule has 2 aromatic rings. The van der Waals surface area contributed by atoms with Gasteiger partial charge in [-0.25, -0.2) is 0 Å². The number of carbonyl (C=O) groups is 1. The van der Waals surface area contributed by atoms with Gasteiger partial charge in [0.25, 0.3) is 0 Å². The summed E-state index contributed by atoms with van der Waals surface area (Å²) in [5, 5.41) is 6.75. The minimum Gasteiger partial charge on any atom is -0.495 e. The number of hydrogen-bond acceptors (Lipinski definition) is 5. The van der Waals surface area contributed by atoms with Crippen LogP contribution in [-0.2, 0) is 4.79 Å². The molecule has 1 saturated heterocycles. The zero-order valence-corrected chi connectivity index (χ0v) is 18.9. The lowest BCUT2D eigenvalue weighted by Gasteiger charge is -2.35. The third-order valence-electron chi connectivity index (χ3n) is 5.58. The number of hydrogen-bond donors (Lipinski definition) is 2. The number of anilines is 3. The van der Waals surface area contributed by atoms with Crippen molar-refractivity contribution < 1.29 is 9.53 Å². The molecule has 1 unspecified atom stereocenters. The Morgan fingerprint density at radius 3 is 2.50 bits per heavy atom. The van der Waals surface area contributed by atoms with Gasteiger partial charge in [-0.1, -0.05) is 18.5 Å². The lowest BCUT2D eigenvalue weighted by Crippen LogP contribution is -2.46. The molecule has 0 bridgehead atoms. The van der Waals surface area contributed by atoms with Crippen LogP contribution in [0.2, 0.25) is 5.02 Å². The number of piperazine rings is 1. The highest BCUT2D eigenvalue weighted by molar-refractivity contribution is 6.31. The summed E-state index contributed by atoms with van der Waals surface area (Å²) in [5.74, 6) is 0.415. The Kier molecular flexibility index (Phi) is 7.45. The molecule has 1 aliphatic heterocycles. The predicted octanol–water partition coefficient (Wildman–Crippen LogP) is 4.24. The molecule has 7 heteroatoms. The van der Waals surface area contributed by atoms with Gasteiger partial charge >= 0.3 is 0 Å². The molecule has 1 fully saturated rings. The first kappa shape index (κ1) is 22.2. The number of nitrogens with one attached hydrogen (secondary N) is 2. The first-order valence-corrected chi connectivity index (χ1v) is 10.8. The number of likely N-dealkylation sites (N-methyl/N-ethyl adjacent to an activating group) is 1. The molecular formula is C23H31ClN4O2. The number of benzene rings is 2. The van der Waals surface area contributed by atoms with E-state index in [1.165, 1.54) is 5.69 Å². The third kappa shape index (κ3) is 5.37. The molecular weight excluding hydrogens is 400 g/mol. The molecule has 2 N–H and O–H groups in total. The molecule has 1 atom stereocenters. The van der Waals surface area contributed by atoms with E-state index in [0.29, 0.717) is 16.5 Å². The Labute approximate surface area is 184 Å². The monoisotopic (exact) mass is 430 g/mol. The summed E-state index contributed by atoms with van der Waals surface area (Å²) >= 11 is 6.05. The molecule has 3 rings (SSSR count). The fourth-order valence-electron chi connectivity index (χ4n) is 3.65. The molecule has 0 radical (unpaired) electrons. The Morgan fingerprint density at radius 2 is 1.87 bits per heavy atom. The Bertz CT molecular complexity index is 882. The number of nitrogens with zero attached hydrogens (tertiary/aromatic N) is 2. The SMILES string of the molecule is CCN1CCN(c2ccc(NC(C)C(=O)Nc3cc(Cl)ccc3OC)c(C)c2)CC1. The van der Waals surface area contributed by atoms with Crippen LogP contribution in [-0.4, -0.2) is 56.7 Å².